The molecule has 2 rings (SSSR count). The Kier molecular flexibility index (Phi) is 4.30. The first kappa shape index (κ1) is 14.8. The molecule has 0 saturated carbocycles. The van der Waals surface area contributed by atoms with E-state index in [1.165, 1.54) is 7.11 Å². The van der Waals surface area contributed by atoms with Gasteiger partial charge in [0.25, 0.3) is 9.05 Å². The van der Waals surface area contributed by atoms with Gasteiger partial charge in [-0.05, 0) is 17.7 Å². The lowest BCUT2D eigenvalue weighted by Crippen LogP contribution is -2.03. The number of hydrogen-bond acceptors (Lipinski definition) is 3. The number of hydrogen-bond donors (Lipinski definition) is 0. The van der Waals surface area contributed by atoms with E-state index in [0.717, 1.165) is 17.7 Å². The Balaban J connectivity index is 2.57. The van der Waals surface area contributed by atoms with Crippen LogP contribution >= 0.6 is 10.7 Å². The molecule has 0 spiro atoms. The van der Waals surface area contributed by atoms with E-state index in [2.05, 4.69) is 0 Å². The highest BCUT2D eigenvalue weighted by Crippen LogP contribution is 2.33. The van der Waals surface area contributed by atoms with Crippen LogP contribution in [0, 0.1) is 5.82 Å². The summed E-state index contributed by atoms with van der Waals surface area (Å²) in [6.45, 7) is 0. The van der Waals surface area contributed by atoms with Crippen LogP contribution in [-0.2, 0) is 15.5 Å². The van der Waals surface area contributed by atoms with Crippen LogP contribution in [0.1, 0.15) is 11.1 Å². The molecule has 0 aliphatic rings. The molecule has 0 N–H and O–H groups in total. The van der Waals surface area contributed by atoms with E-state index in [1.807, 2.05) is 30.3 Å². The third kappa shape index (κ3) is 3.11. The highest BCUT2D eigenvalue weighted by atomic mass is 35.7. The van der Waals surface area contributed by atoms with Crippen molar-refractivity contribution in [1.82, 2.24) is 0 Å². The molecule has 2 aromatic rings. The van der Waals surface area contributed by atoms with Gasteiger partial charge in [-0.2, -0.15) is 0 Å². The van der Waals surface area contributed by atoms with Crippen molar-refractivity contribution in [2.24, 2.45) is 0 Å². The van der Waals surface area contributed by atoms with Crippen LogP contribution in [0.4, 0.5) is 4.39 Å². The molecule has 0 heterocycles. The number of rotatable bonds is 4. The van der Waals surface area contributed by atoms with Gasteiger partial charge in [-0.1, -0.05) is 30.3 Å². The molecule has 2 aromatic carbocycles. The molecule has 3 nitrogen and oxygen atoms in total. The molecule has 0 atom stereocenters. The molecular weight excluding hydrogens is 303 g/mol. The summed E-state index contributed by atoms with van der Waals surface area (Å²) in [5, 5.41) is 0. The molecule has 0 aliphatic carbocycles. The maximum atomic E-state index is 14.0. The maximum absolute atomic E-state index is 14.0. The summed E-state index contributed by atoms with van der Waals surface area (Å²) in [6, 6.07) is 11.3. The van der Waals surface area contributed by atoms with Crippen molar-refractivity contribution < 1.29 is 17.5 Å². The SMILES string of the molecule is COc1c(S(=O)(=O)Cl)ccc(F)c1Cc1ccccc1. The Morgan fingerprint density at radius 3 is 2.35 bits per heavy atom. The third-order valence-electron chi connectivity index (χ3n) is 2.86. The second-order valence-electron chi connectivity index (χ2n) is 4.16. The van der Waals surface area contributed by atoms with Crippen LogP contribution in [0.3, 0.4) is 0 Å². The van der Waals surface area contributed by atoms with Crippen molar-refractivity contribution in [3.63, 3.8) is 0 Å². The van der Waals surface area contributed by atoms with Gasteiger partial charge < -0.3 is 4.74 Å². The standard InChI is InChI=1S/C14H12ClFO3S/c1-19-14-11(9-10-5-3-2-4-6-10)12(16)7-8-13(14)20(15,17)18/h2-8H,9H2,1H3. The zero-order chi connectivity index (χ0) is 14.8. The number of benzene rings is 2. The molecule has 0 saturated heterocycles. The summed E-state index contributed by atoms with van der Waals surface area (Å²) in [5.41, 5.74) is 1.01. The van der Waals surface area contributed by atoms with E-state index in [0.29, 0.717) is 0 Å². The molecule has 0 unspecified atom stereocenters. The lowest BCUT2D eigenvalue weighted by Gasteiger charge is -2.13. The number of ether oxygens (including phenoxy) is 1. The third-order valence-corrected chi connectivity index (χ3v) is 4.20. The molecule has 0 bridgehead atoms. The highest BCUT2D eigenvalue weighted by Gasteiger charge is 2.22. The molecule has 0 fully saturated rings. The van der Waals surface area contributed by atoms with Crippen LogP contribution in [0.2, 0.25) is 0 Å². The average molecular weight is 315 g/mol. The van der Waals surface area contributed by atoms with Crippen LogP contribution in [0.15, 0.2) is 47.4 Å². The fourth-order valence-electron chi connectivity index (χ4n) is 1.96. The Hall–Kier alpha value is -1.59. The smallest absolute Gasteiger partial charge is 0.264 e. The van der Waals surface area contributed by atoms with Gasteiger partial charge in [0.1, 0.15) is 16.5 Å². The Morgan fingerprint density at radius 1 is 1.15 bits per heavy atom. The maximum Gasteiger partial charge on any atom is 0.264 e. The summed E-state index contributed by atoms with van der Waals surface area (Å²) in [5.74, 6) is -0.585. The van der Waals surface area contributed by atoms with E-state index in [1.54, 1.807) is 0 Å². The Morgan fingerprint density at radius 2 is 1.80 bits per heavy atom. The summed E-state index contributed by atoms with van der Waals surface area (Å²) < 4.78 is 42.0. The molecular formula is C14H12ClFO3S. The van der Waals surface area contributed by atoms with Gasteiger partial charge in [-0.25, -0.2) is 12.8 Å². The zero-order valence-corrected chi connectivity index (χ0v) is 12.2. The predicted molar refractivity (Wildman–Crippen MR) is 75.2 cm³/mol. The normalized spacial score (nSPS) is 11.3. The first-order valence-corrected chi connectivity index (χ1v) is 8.08. The summed E-state index contributed by atoms with van der Waals surface area (Å²) >= 11 is 0. The first-order valence-electron chi connectivity index (χ1n) is 5.77. The summed E-state index contributed by atoms with van der Waals surface area (Å²) in [6.07, 6.45) is 0.218. The quantitative estimate of drug-likeness (QED) is 0.813. The van der Waals surface area contributed by atoms with Crippen LogP contribution < -0.4 is 4.74 Å². The van der Waals surface area contributed by atoms with Crippen molar-refractivity contribution in [3.8, 4) is 5.75 Å². The lowest BCUT2D eigenvalue weighted by atomic mass is 10.0. The fraction of sp³-hybridized carbons (Fsp3) is 0.143. The van der Waals surface area contributed by atoms with Crippen LogP contribution in [-0.4, -0.2) is 15.5 Å². The molecule has 0 amide bonds. The number of methoxy groups -OCH3 is 1. The number of halogens is 2. The minimum absolute atomic E-state index is 0.0520. The van der Waals surface area contributed by atoms with Crippen molar-refractivity contribution in [2.45, 2.75) is 11.3 Å². The lowest BCUT2D eigenvalue weighted by molar-refractivity contribution is 0.393. The molecule has 6 heteroatoms. The van der Waals surface area contributed by atoms with Crippen molar-refractivity contribution >= 4 is 19.7 Å². The molecule has 0 aliphatic heterocycles. The summed E-state index contributed by atoms with van der Waals surface area (Å²) in [4.78, 5) is -0.228. The second kappa shape index (κ2) is 5.81. The van der Waals surface area contributed by atoms with E-state index in [-0.39, 0.29) is 22.6 Å². The molecule has 20 heavy (non-hydrogen) atoms. The zero-order valence-electron chi connectivity index (χ0n) is 10.6. The Bertz CT molecular complexity index is 715. The minimum Gasteiger partial charge on any atom is -0.495 e. The van der Waals surface area contributed by atoms with Crippen molar-refractivity contribution in [2.75, 3.05) is 7.11 Å². The van der Waals surface area contributed by atoms with Gasteiger partial charge >= 0.3 is 0 Å². The topological polar surface area (TPSA) is 43.4 Å². The van der Waals surface area contributed by atoms with Gasteiger partial charge in [-0.3, -0.25) is 0 Å². The molecule has 0 aromatic heterocycles. The van der Waals surface area contributed by atoms with E-state index in [4.69, 9.17) is 15.4 Å². The van der Waals surface area contributed by atoms with E-state index in [9.17, 15) is 12.8 Å². The monoisotopic (exact) mass is 314 g/mol. The van der Waals surface area contributed by atoms with Crippen molar-refractivity contribution in [3.05, 3.63) is 59.4 Å². The van der Waals surface area contributed by atoms with Gasteiger partial charge in [0.2, 0.25) is 0 Å². The van der Waals surface area contributed by atoms with Crippen LogP contribution in [0.25, 0.3) is 0 Å². The summed E-state index contributed by atoms with van der Waals surface area (Å²) in [7, 11) is 2.63. The molecule has 0 radical (unpaired) electrons. The minimum atomic E-state index is -4.00. The Labute approximate surface area is 121 Å². The van der Waals surface area contributed by atoms with E-state index < -0.39 is 14.9 Å². The van der Waals surface area contributed by atoms with Gasteiger partial charge in [0.15, 0.2) is 0 Å². The van der Waals surface area contributed by atoms with Gasteiger partial charge in [0, 0.05) is 22.7 Å². The first-order chi connectivity index (χ1) is 9.43. The van der Waals surface area contributed by atoms with Crippen LogP contribution in [0.5, 0.6) is 5.75 Å². The highest BCUT2D eigenvalue weighted by molar-refractivity contribution is 8.13. The second-order valence-corrected chi connectivity index (χ2v) is 6.69. The largest absolute Gasteiger partial charge is 0.495 e. The average Bonchev–Trinajstić information content (AvgIpc) is 2.40. The predicted octanol–water partition coefficient (Wildman–Crippen LogP) is 3.35. The van der Waals surface area contributed by atoms with E-state index >= 15 is 0 Å². The molecule has 106 valence electrons. The van der Waals surface area contributed by atoms with Gasteiger partial charge in [-0.15, -0.1) is 0 Å². The van der Waals surface area contributed by atoms with Crippen molar-refractivity contribution in [1.29, 1.82) is 0 Å². The fourth-order valence-corrected chi connectivity index (χ4v) is 2.99. The van der Waals surface area contributed by atoms with Gasteiger partial charge in [0.05, 0.1) is 7.11 Å².